The van der Waals surface area contributed by atoms with Gasteiger partial charge in [-0.2, -0.15) is 0 Å². The van der Waals surface area contributed by atoms with Gasteiger partial charge in [0, 0.05) is 30.2 Å². The van der Waals surface area contributed by atoms with Crippen LogP contribution in [0.5, 0.6) is 0 Å². The zero-order chi connectivity index (χ0) is 25.0. The van der Waals surface area contributed by atoms with Crippen LogP contribution in [0.25, 0.3) is 0 Å². The molecule has 8 heteroatoms. The van der Waals surface area contributed by atoms with Crippen LogP contribution in [0.3, 0.4) is 0 Å². The highest BCUT2D eigenvalue weighted by Gasteiger charge is 2.28. The number of hydrogen-bond acceptors (Lipinski definition) is 6. The zero-order valence-electron chi connectivity index (χ0n) is 20.3. The maximum absolute atomic E-state index is 13.6. The maximum atomic E-state index is 13.6. The second-order valence-electron chi connectivity index (χ2n) is 8.70. The number of alkyl carbamates (subject to hydrolysis) is 1. The van der Waals surface area contributed by atoms with Crippen LogP contribution >= 0.6 is 11.8 Å². The molecule has 2 aromatic carbocycles. The molecule has 2 amide bonds. The predicted molar refractivity (Wildman–Crippen MR) is 134 cm³/mol. The summed E-state index contributed by atoms with van der Waals surface area (Å²) in [5, 5.41) is 2.74. The lowest BCUT2D eigenvalue weighted by Gasteiger charge is -2.29. The monoisotopic (exact) mass is 486 g/mol. The average molecular weight is 487 g/mol. The standard InChI is InChI=1S/C26H34N2O5S/c1-26(2,3)33-25(31)27-22(19-20-11-7-5-8-12-20)24(30)28(16-15-23(29)32-4)17-18-34-21-13-9-6-10-14-21/h5-14,22H,15-19H2,1-4H3,(H,27,31)/t22-/m0/s1. The van der Waals surface area contributed by atoms with E-state index in [-0.39, 0.29) is 18.9 Å². The first kappa shape index (κ1) is 27.2. The van der Waals surface area contributed by atoms with Crippen molar-refractivity contribution in [3.05, 3.63) is 66.2 Å². The molecule has 0 heterocycles. The van der Waals surface area contributed by atoms with Crippen LogP contribution in [0.15, 0.2) is 65.6 Å². The number of nitrogens with zero attached hydrogens (tertiary/aromatic N) is 1. The second kappa shape index (κ2) is 13.6. The van der Waals surface area contributed by atoms with E-state index in [0.29, 0.717) is 18.7 Å². The quantitative estimate of drug-likeness (QED) is 0.376. The van der Waals surface area contributed by atoms with Gasteiger partial charge in [-0.3, -0.25) is 9.59 Å². The fraction of sp³-hybridized carbons (Fsp3) is 0.423. The zero-order valence-corrected chi connectivity index (χ0v) is 21.1. The predicted octanol–water partition coefficient (Wildman–Crippen LogP) is 4.31. The average Bonchev–Trinajstić information content (AvgIpc) is 2.80. The van der Waals surface area contributed by atoms with Crippen LogP contribution in [0.4, 0.5) is 4.79 Å². The fourth-order valence-corrected chi connectivity index (χ4v) is 4.07. The summed E-state index contributed by atoms with van der Waals surface area (Å²) in [4.78, 5) is 40.6. The second-order valence-corrected chi connectivity index (χ2v) is 9.87. The number of hydrogen-bond donors (Lipinski definition) is 1. The van der Waals surface area contributed by atoms with Gasteiger partial charge in [-0.05, 0) is 38.5 Å². The Balaban J connectivity index is 2.16. The summed E-state index contributed by atoms with van der Waals surface area (Å²) >= 11 is 1.62. The number of ether oxygens (including phenoxy) is 2. The van der Waals surface area contributed by atoms with Crippen molar-refractivity contribution in [1.29, 1.82) is 0 Å². The molecule has 0 aliphatic rings. The van der Waals surface area contributed by atoms with Gasteiger partial charge >= 0.3 is 12.1 Å². The van der Waals surface area contributed by atoms with Crippen molar-refractivity contribution in [2.24, 2.45) is 0 Å². The van der Waals surface area contributed by atoms with Gasteiger partial charge in [0.1, 0.15) is 11.6 Å². The van der Waals surface area contributed by atoms with Gasteiger partial charge in [0.2, 0.25) is 5.91 Å². The molecule has 34 heavy (non-hydrogen) atoms. The lowest BCUT2D eigenvalue weighted by atomic mass is 10.0. The number of benzene rings is 2. The van der Waals surface area contributed by atoms with Crippen LogP contribution in [0, 0.1) is 0 Å². The van der Waals surface area contributed by atoms with Gasteiger partial charge in [-0.1, -0.05) is 48.5 Å². The summed E-state index contributed by atoms with van der Waals surface area (Å²) in [6.45, 7) is 5.91. The molecule has 7 nitrogen and oxygen atoms in total. The Bertz CT molecular complexity index is 916. The number of amides is 2. The third kappa shape index (κ3) is 10.3. The van der Waals surface area contributed by atoms with Gasteiger partial charge in [-0.25, -0.2) is 4.79 Å². The molecule has 0 saturated heterocycles. The minimum absolute atomic E-state index is 0.0722. The maximum Gasteiger partial charge on any atom is 0.408 e. The first-order valence-electron chi connectivity index (χ1n) is 11.2. The third-order valence-electron chi connectivity index (χ3n) is 4.77. The Kier molecular flexibility index (Phi) is 10.9. The van der Waals surface area contributed by atoms with Gasteiger partial charge in [0.05, 0.1) is 13.5 Å². The molecular weight excluding hydrogens is 452 g/mol. The number of carbonyl (C=O) groups excluding carboxylic acids is 3. The summed E-state index contributed by atoms with van der Waals surface area (Å²) < 4.78 is 10.1. The van der Waals surface area contributed by atoms with Crippen molar-refractivity contribution in [3.8, 4) is 0 Å². The number of rotatable bonds is 11. The van der Waals surface area contributed by atoms with Crippen molar-refractivity contribution in [2.45, 2.75) is 50.2 Å². The summed E-state index contributed by atoms with van der Waals surface area (Å²) in [6, 6.07) is 18.5. The van der Waals surface area contributed by atoms with E-state index in [1.807, 2.05) is 60.7 Å². The molecule has 0 aliphatic carbocycles. The van der Waals surface area contributed by atoms with Gasteiger partial charge in [0.15, 0.2) is 0 Å². The highest BCUT2D eigenvalue weighted by atomic mass is 32.2. The SMILES string of the molecule is COC(=O)CCN(CCSc1ccccc1)C(=O)[C@H](Cc1ccccc1)NC(=O)OC(C)(C)C. The van der Waals surface area contributed by atoms with Crippen molar-refractivity contribution in [1.82, 2.24) is 10.2 Å². The highest BCUT2D eigenvalue weighted by molar-refractivity contribution is 7.99. The molecule has 2 aromatic rings. The lowest BCUT2D eigenvalue weighted by Crippen LogP contribution is -2.51. The van der Waals surface area contributed by atoms with Crippen molar-refractivity contribution in [3.63, 3.8) is 0 Å². The highest BCUT2D eigenvalue weighted by Crippen LogP contribution is 2.18. The van der Waals surface area contributed by atoms with Crippen LogP contribution in [0.2, 0.25) is 0 Å². The molecule has 1 N–H and O–H groups in total. The van der Waals surface area contributed by atoms with Gasteiger partial charge in [0.25, 0.3) is 0 Å². The summed E-state index contributed by atoms with van der Waals surface area (Å²) in [7, 11) is 1.32. The van der Waals surface area contributed by atoms with Crippen molar-refractivity contribution < 1.29 is 23.9 Å². The van der Waals surface area contributed by atoms with E-state index in [9.17, 15) is 14.4 Å². The third-order valence-corrected chi connectivity index (χ3v) is 5.76. The summed E-state index contributed by atoms with van der Waals surface area (Å²) in [6.07, 6.45) is -0.282. The number of carbonyl (C=O) groups is 3. The first-order valence-corrected chi connectivity index (χ1v) is 12.2. The molecule has 0 unspecified atom stereocenters. The van der Waals surface area contributed by atoms with Crippen molar-refractivity contribution >= 4 is 29.7 Å². The number of methoxy groups -OCH3 is 1. The van der Waals surface area contributed by atoms with Crippen LogP contribution in [0.1, 0.15) is 32.8 Å². The molecule has 2 rings (SSSR count). The van der Waals surface area contributed by atoms with Crippen molar-refractivity contribution in [2.75, 3.05) is 26.0 Å². The first-order chi connectivity index (χ1) is 16.2. The Morgan fingerprint density at radius 2 is 1.59 bits per heavy atom. The van der Waals surface area contributed by atoms with E-state index in [4.69, 9.17) is 9.47 Å². The Labute approximate surface area is 206 Å². The molecule has 1 atom stereocenters. The Hall–Kier alpha value is -3.00. The number of esters is 1. The lowest BCUT2D eigenvalue weighted by molar-refractivity contribution is -0.142. The largest absolute Gasteiger partial charge is 0.469 e. The number of nitrogens with one attached hydrogen (secondary N) is 1. The molecule has 184 valence electrons. The van der Waals surface area contributed by atoms with Gasteiger partial charge < -0.3 is 19.7 Å². The van der Waals surface area contributed by atoms with E-state index in [1.54, 1.807) is 37.4 Å². The minimum Gasteiger partial charge on any atom is -0.469 e. The van der Waals surface area contributed by atoms with E-state index in [2.05, 4.69) is 5.32 Å². The van der Waals surface area contributed by atoms with E-state index >= 15 is 0 Å². The molecule has 0 aliphatic heterocycles. The fourth-order valence-electron chi connectivity index (χ4n) is 3.17. The molecule has 0 radical (unpaired) electrons. The summed E-state index contributed by atoms with van der Waals surface area (Å²) in [5.41, 5.74) is 0.213. The Morgan fingerprint density at radius 3 is 2.18 bits per heavy atom. The summed E-state index contributed by atoms with van der Waals surface area (Å²) in [5.74, 6) is -0.0259. The smallest absolute Gasteiger partial charge is 0.408 e. The number of thioether (sulfide) groups is 1. The van der Waals surface area contributed by atoms with Gasteiger partial charge in [-0.15, -0.1) is 11.8 Å². The normalized spacial score (nSPS) is 11.9. The molecule has 0 bridgehead atoms. The van der Waals surface area contributed by atoms with E-state index in [1.165, 1.54) is 7.11 Å². The van der Waals surface area contributed by atoms with E-state index < -0.39 is 23.7 Å². The molecular formula is C26H34N2O5S. The van der Waals surface area contributed by atoms with E-state index in [0.717, 1.165) is 10.5 Å². The molecule has 0 aromatic heterocycles. The molecule has 0 saturated carbocycles. The minimum atomic E-state index is -0.836. The van der Waals surface area contributed by atoms with Crippen LogP contribution in [-0.2, 0) is 25.5 Å². The molecule has 0 fully saturated rings. The molecule has 0 spiro atoms. The Morgan fingerprint density at radius 1 is 0.971 bits per heavy atom. The van der Waals surface area contributed by atoms with Crippen LogP contribution < -0.4 is 5.32 Å². The van der Waals surface area contributed by atoms with Crippen LogP contribution in [-0.4, -0.2) is 60.5 Å². The topological polar surface area (TPSA) is 84.9 Å².